The van der Waals surface area contributed by atoms with Crippen molar-refractivity contribution in [3.8, 4) is 5.75 Å². The second-order valence-corrected chi connectivity index (χ2v) is 4.48. The molecule has 0 amide bonds. The van der Waals surface area contributed by atoms with Crippen LogP contribution in [0.4, 0.5) is 10.1 Å². The summed E-state index contributed by atoms with van der Waals surface area (Å²) in [4.78, 5) is 0. The summed E-state index contributed by atoms with van der Waals surface area (Å²) in [6, 6.07) is 11.0. The molecule has 5 heteroatoms. The van der Waals surface area contributed by atoms with E-state index in [1.807, 2.05) is 0 Å². The lowest BCUT2D eigenvalue weighted by Crippen LogP contribution is -2.10. The summed E-state index contributed by atoms with van der Waals surface area (Å²) in [5.41, 5.74) is 6.84. The summed E-state index contributed by atoms with van der Waals surface area (Å²) in [7, 11) is 0. The minimum Gasteiger partial charge on any atom is -0.490 e. The summed E-state index contributed by atoms with van der Waals surface area (Å²) in [6.07, 6.45) is -0.831. The standard InChI is InChI=1S/C14H13ClFNO2/c15-12-5-4-11(7-13(12)16)19-8-14(18)9-2-1-3-10(17)6-9/h1-7,14,18H,8,17H2. The van der Waals surface area contributed by atoms with Gasteiger partial charge in [-0.25, -0.2) is 4.39 Å². The molecule has 0 aromatic heterocycles. The maximum absolute atomic E-state index is 13.2. The van der Waals surface area contributed by atoms with Crippen LogP contribution in [-0.4, -0.2) is 11.7 Å². The number of nitrogen functional groups attached to an aromatic ring is 1. The fourth-order valence-electron chi connectivity index (χ4n) is 1.60. The molecule has 0 spiro atoms. The van der Waals surface area contributed by atoms with Crippen molar-refractivity contribution in [2.24, 2.45) is 0 Å². The molecule has 3 N–H and O–H groups in total. The molecule has 3 nitrogen and oxygen atoms in total. The highest BCUT2D eigenvalue weighted by atomic mass is 35.5. The summed E-state index contributed by atoms with van der Waals surface area (Å²) < 4.78 is 18.5. The van der Waals surface area contributed by atoms with Crippen molar-refractivity contribution in [3.63, 3.8) is 0 Å². The van der Waals surface area contributed by atoms with Gasteiger partial charge in [-0.2, -0.15) is 0 Å². The number of hydrogen-bond donors (Lipinski definition) is 2. The monoisotopic (exact) mass is 281 g/mol. The van der Waals surface area contributed by atoms with Crippen LogP contribution in [0.25, 0.3) is 0 Å². The number of rotatable bonds is 4. The van der Waals surface area contributed by atoms with Gasteiger partial charge >= 0.3 is 0 Å². The van der Waals surface area contributed by atoms with E-state index in [-0.39, 0.29) is 11.6 Å². The first-order chi connectivity index (χ1) is 9.06. The van der Waals surface area contributed by atoms with Crippen molar-refractivity contribution >= 4 is 17.3 Å². The van der Waals surface area contributed by atoms with E-state index in [0.717, 1.165) is 0 Å². The fourth-order valence-corrected chi connectivity index (χ4v) is 1.72. The molecule has 0 fully saturated rings. The first-order valence-electron chi connectivity index (χ1n) is 5.67. The van der Waals surface area contributed by atoms with E-state index in [4.69, 9.17) is 22.1 Å². The van der Waals surface area contributed by atoms with E-state index in [2.05, 4.69) is 0 Å². The summed E-state index contributed by atoms with van der Waals surface area (Å²) in [5.74, 6) is -0.248. The van der Waals surface area contributed by atoms with Gasteiger partial charge in [0, 0.05) is 11.8 Å². The summed E-state index contributed by atoms with van der Waals surface area (Å²) in [5, 5.41) is 9.96. The molecular formula is C14H13ClFNO2. The minimum absolute atomic E-state index is 0.00449. The summed E-state index contributed by atoms with van der Waals surface area (Å²) >= 11 is 5.56. The smallest absolute Gasteiger partial charge is 0.145 e. The highest BCUT2D eigenvalue weighted by Gasteiger charge is 2.09. The van der Waals surface area contributed by atoms with Crippen LogP contribution in [0.2, 0.25) is 5.02 Å². The van der Waals surface area contributed by atoms with Crippen molar-refractivity contribution < 1.29 is 14.2 Å². The molecule has 2 aromatic carbocycles. The van der Waals surface area contributed by atoms with Gasteiger partial charge in [-0.1, -0.05) is 23.7 Å². The molecule has 0 aliphatic carbocycles. The van der Waals surface area contributed by atoms with Crippen LogP contribution in [0.5, 0.6) is 5.75 Å². The molecule has 1 atom stereocenters. The van der Waals surface area contributed by atoms with Crippen molar-refractivity contribution in [1.29, 1.82) is 0 Å². The molecule has 0 heterocycles. The minimum atomic E-state index is -0.831. The van der Waals surface area contributed by atoms with Gasteiger partial charge in [0.15, 0.2) is 0 Å². The Hall–Kier alpha value is -1.78. The topological polar surface area (TPSA) is 55.5 Å². The fraction of sp³-hybridized carbons (Fsp3) is 0.143. The van der Waals surface area contributed by atoms with Crippen LogP contribution in [0.1, 0.15) is 11.7 Å². The van der Waals surface area contributed by atoms with Gasteiger partial charge in [-0.15, -0.1) is 0 Å². The molecule has 1 unspecified atom stereocenters. The average Bonchev–Trinajstić information content (AvgIpc) is 2.40. The zero-order valence-electron chi connectivity index (χ0n) is 10.0. The van der Waals surface area contributed by atoms with Crippen molar-refractivity contribution in [2.75, 3.05) is 12.3 Å². The molecular weight excluding hydrogens is 269 g/mol. The molecule has 0 radical (unpaired) electrons. The molecule has 0 saturated carbocycles. The zero-order valence-corrected chi connectivity index (χ0v) is 10.8. The molecule has 0 bridgehead atoms. The average molecular weight is 282 g/mol. The first-order valence-corrected chi connectivity index (χ1v) is 6.05. The molecule has 100 valence electrons. The largest absolute Gasteiger partial charge is 0.490 e. The Morgan fingerprint density at radius 1 is 1.26 bits per heavy atom. The molecule has 19 heavy (non-hydrogen) atoms. The highest BCUT2D eigenvalue weighted by molar-refractivity contribution is 6.30. The van der Waals surface area contributed by atoms with E-state index in [9.17, 15) is 9.50 Å². The van der Waals surface area contributed by atoms with Crippen LogP contribution in [0, 0.1) is 5.82 Å². The van der Waals surface area contributed by atoms with Gasteiger partial charge in [-0.05, 0) is 29.8 Å². The van der Waals surface area contributed by atoms with Crippen LogP contribution >= 0.6 is 11.6 Å². The van der Waals surface area contributed by atoms with Gasteiger partial charge in [-0.3, -0.25) is 0 Å². The molecule has 2 aromatic rings. The molecule has 0 saturated heterocycles. The van der Waals surface area contributed by atoms with E-state index in [1.165, 1.54) is 18.2 Å². The van der Waals surface area contributed by atoms with Gasteiger partial charge in [0.2, 0.25) is 0 Å². The van der Waals surface area contributed by atoms with Crippen LogP contribution < -0.4 is 10.5 Å². The van der Waals surface area contributed by atoms with Crippen molar-refractivity contribution in [1.82, 2.24) is 0 Å². The Balaban J connectivity index is 2.00. The third-order valence-electron chi connectivity index (χ3n) is 2.59. The zero-order chi connectivity index (χ0) is 13.8. The predicted molar refractivity (Wildman–Crippen MR) is 72.7 cm³/mol. The molecule has 2 rings (SSSR count). The highest BCUT2D eigenvalue weighted by Crippen LogP contribution is 2.22. The number of ether oxygens (including phenoxy) is 1. The number of aliphatic hydroxyl groups excluding tert-OH is 1. The Morgan fingerprint density at radius 3 is 2.74 bits per heavy atom. The number of nitrogens with two attached hydrogens (primary N) is 1. The van der Waals surface area contributed by atoms with Gasteiger partial charge in [0.1, 0.15) is 24.3 Å². The van der Waals surface area contributed by atoms with Gasteiger partial charge in [0.05, 0.1) is 5.02 Å². The third kappa shape index (κ3) is 3.59. The Morgan fingerprint density at radius 2 is 2.05 bits per heavy atom. The quantitative estimate of drug-likeness (QED) is 0.846. The van der Waals surface area contributed by atoms with Crippen molar-refractivity contribution in [3.05, 3.63) is 58.9 Å². The Bertz CT molecular complexity index is 577. The van der Waals surface area contributed by atoms with Gasteiger partial charge in [0.25, 0.3) is 0 Å². The maximum Gasteiger partial charge on any atom is 0.145 e. The van der Waals surface area contributed by atoms with Crippen LogP contribution in [0.15, 0.2) is 42.5 Å². The lowest BCUT2D eigenvalue weighted by molar-refractivity contribution is 0.108. The lowest BCUT2D eigenvalue weighted by Gasteiger charge is -2.13. The normalized spacial score (nSPS) is 12.2. The van der Waals surface area contributed by atoms with Crippen molar-refractivity contribution in [2.45, 2.75) is 6.10 Å². The van der Waals surface area contributed by atoms with E-state index in [1.54, 1.807) is 24.3 Å². The van der Waals surface area contributed by atoms with Crippen LogP contribution in [-0.2, 0) is 0 Å². The number of halogens is 2. The van der Waals surface area contributed by atoms with E-state index in [0.29, 0.717) is 17.0 Å². The van der Waals surface area contributed by atoms with E-state index >= 15 is 0 Å². The Kier molecular flexibility index (Phi) is 4.24. The second kappa shape index (κ2) is 5.91. The van der Waals surface area contributed by atoms with Gasteiger partial charge < -0.3 is 15.6 Å². The number of anilines is 1. The first kappa shape index (κ1) is 13.6. The molecule has 0 aliphatic heterocycles. The number of benzene rings is 2. The predicted octanol–water partition coefficient (Wildman–Crippen LogP) is 3.17. The van der Waals surface area contributed by atoms with Crippen LogP contribution in [0.3, 0.4) is 0 Å². The number of aliphatic hydroxyl groups is 1. The maximum atomic E-state index is 13.2. The third-order valence-corrected chi connectivity index (χ3v) is 2.90. The van der Waals surface area contributed by atoms with E-state index < -0.39 is 11.9 Å². The second-order valence-electron chi connectivity index (χ2n) is 4.07. The Labute approximate surface area is 115 Å². The SMILES string of the molecule is Nc1cccc(C(O)COc2ccc(Cl)c(F)c2)c1. The lowest BCUT2D eigenvalue weighted by atomic mass is 10.1. The molecule has 0 aliphatic rings. The summed E-state index contributed by atoms with van der Waals surface area (Å²) in [6.45, 7) is 0.00449. The number of hydrogen-bond acceptors (Lipinski definition) is 3.